The Kier molecular flexibility index (Phi) is 4.27. The maximum atomic E-state index is 13.1. The fourth-order valence-electron chi connectivity index (χ4n) is 1.85. The van der Waals surface area contributed by atoms with Crippen molar-refractivity contribution in [3.63, 3.8) is 0 Å². The second kappa shape index (κ2) is 6.12. The molecule has 0 aliphatic rings. The van der Waals surface area contributed by atoms with Crippen LogP contribution in [0.25, 0.3) is 0 Å². The Hall–Kier alpha value is -2.77. The molecule has 2 rings (SSSR count). The number of benzene rings is 1. The van der Waals surface area contributed by atoms with E-state index in [1.807, 2.05) is 0 Å². The van der Waals surface area contributed by atoms with Crippen LogP contribution in [-0.4, -0.2) is 21.9 Å². The van der Waals surface area contributed by atoms with Gasteiger partial charge in [-0.1, -0.05) is 12.1 Å². The first-order valence-electron chi connectivity index (χ1n) is 6.20. The number of aryl methyl sites for hydroxylation is 1. The van der Waals surface area contributed by atoms with Crippen molar-refractivity contribution in [1.82, 2.24) is 9.97 Å². The number of aromatic nitrogens is 2. The molecule has 7 nitrogen and oxygen atoms in total. The van der Waals surface area contributed by atoms with Gasteiger partial charge in [-0.25, -0.2) is 9.37 Å². The van der Waals surface area contributed by atoms with Gasteiger partial charge in [0.15, 0.2) is 0 Å². The first kappa shape index (κ1) is 14.6. The lowest BCUT2D eigenvalue weighted by Crippen LogP contribution is -2.09. The second-order valence-electron chi connectivity index (χ2n) is 4.32. The number of nitrogens with one attached hydrogen (secondary N) is 2. The van der Waals surface area contributed by atoms with Crippen LogP contribution in [0.2, 0.25) is 0 Å². The molecule has 8 heteroatoms. The van der Waals surface area contributed by atoms with Crippen molar-refractivity contribution in [2.24, 2.45) is 0 Å². The maximum Gasteiger partial charge on any atom is 0.332 e. The molecule has 1 heterocycles. The zero-order chi connectivity index (χ0) is 15.4. The Labute approximate surface area is 120 Å². The van der Waals surface area contributed by atoms with E-state index in [9.17, 15) is 14.5 Å². The van der Waals surface area contributed by atoms with Crippen molar-refractivity contribution in [3.05, 3.63) is 51.5 Å². The molecule has 1 aromatic carbocycles. The van der Waals surface area contributed by atoms with Gasteiger partial charge in [-0.15, -0.1) is 0 Å². The third-order valence-corrected chi connectivity index (χ3v) is 2.81. The number of hydrogen-bond donors (Lipinski definition) is 2. The summed E-state index contributed by atoms with van der Waals surface area (Å²) in [7, 11) is 1.62. The predicted octanol–water partition coefficient (Wildman–Crippen LogP) is 2.49. The highest BCUT2D eigenvalue weighted by molar-refractivity contribution is 5.60. The molecule has 0 aliphatic carbocycles. The molecule has 0 amide bonds. The Balaban J connectivity index is 2.29. The third-order valence-electron chi connectivity index (χ3n) is 2.81. The topological polar surface area (TPSA) is 93.0 Å². The van der Waals surface area contributed by atoms with Gasteiger partial charge in [0.05, 0.1) is 4.92 Å². The number of hydrogen-bond acceptors (Lipinski definition) is 6. The lowest BCUT2D eigenvalue weighted by atomic mass is 10.2. The molecule has 0 saturated carbocycles. The van der Waals surface area contributed by atoms with Crippen molar-refractivity contribution in [1.29, 1.82) is 0 Å². The van der Waals surface area contributed by atoms with Crippen molar-refractivity contribution in [2.75, 3.05) is 17.7 Å². The minimum absolute atomic E-state index is 0.0983. The zero-order valence-corrected chi connectivity index (χ0v) is 11.6. The van der Waals surface area contributed by atoms with Crippen LogP contribution in [0.15, 0.2) is 24.3 Å². The van der Waals surface area contributed by atoms with E-state index in [4.69, 9.17) is 0 Å². The lowest BCUT2D eigenvalue weighted by Gasteiger charge is -2.09. The van der Waals surface area contributed by atoms with E-state index in [2.05, 4.69) is 20.6 Å². The fraction of sp³-hybridized carbons (Fsp3) is 0.231. The molecule has 0 spiro atoms. The summed E-state index contributed by atoms with van der Waals surface area (Å²) in [5.74, 6) is 0.0135. The molecule has 0 saturated heterocycles. The Morgan fingerprint density at radius 3 is 2.76 bits per heavy atom. The largest absolute Gasteiger partial charge is 0.360 e. The standard InChI is InChI=1S/C13H14FN5O2/c1-8-11(19(20)21)12(18-13(15-2)17-8)16-7-9-4-3-5-10(14)6-9/h3-6H,7H2,1-2H3,(H2,15,16,17,18). The minimum Gasteiger partial charge on any atom is -0.360 e. The van der Waals surface area contributed by atoms with Gasteiger partial charge in [0.1, 0.15) is 11.5 Å². The van der Waals surface area contributed by atoms with Crippen LogP contribution in [0.4, 0.5) is 21.8 Å². The van der Waals surface area contributed by atoms with Gasteiger partial charge in [0.2, 0.25) is 11.8 Å². The van der Waals surface area contributed by atoms with Gasteiger partial charge < -0.3 is 10.6 Å². The van der Waals surface area contributed by atoms with Crippen molar-refractivity contribution in [3.8, 4) is 0 Å². The third kappa shape index (κ3) is 3.41. The summed E-state index contributed by atoms with van der Waals surface area (Å²) in [5.41, 5.74) is 0.720. The summed E-state index contributed by atoms with van der Waals surface area (Å²) >= 11 is 0. The van der Waals surface area contributed by atoms with Crippen LogP contribution in [-0.2, 0) is 6.54 Å². The molecule has 2 aromatic rings. The van der Waals surface area contributed by atoms with Crippen molar-refractivity contribution < 1.29 is 9.31 Å². The molecule has 110 valence electrons. The van der Waals surface area contributed by atoms with E-state index < -0.39 is 4.92 Å². The van der Waals surface area contributed by atoms with E-state index in [-0.39, 0.29) is 35.5 Å². The summed E-state index contributed by atoms with van der Waals surface area (Å²) in [6.07, 6.45) is 0. The molecule has 0 bridgehead atoms. The zero-order valence-electron chi connectivity index (χ0n) is 11.6. The molecular weight excluding hydrogens is 277 g/mol. The lowest BCUT2D eigenvalue weighted by molar-refractivity contribution is -0.385. The van der Waals surface area contributed by atoms with Crippen LogP contribution in [0.5, 0.6) is 0 Å². The first-order valence-corrected chi connectivity index (χ1v) is 6.20. The minimum atomic E-state index is -0.539. The second-order valence-corrected chi connectivity index (χ2v) is 4.32. The number of halogens is 1. The quantitative estimate of drug-likeness (QED) is 0.649. The highest BCUT2D eigenvalue weighted by atomic mass is 19.1. The molecule has 0 aliphatic heterocycles. The number of anilines is 2. The molecule has 0 fully saturated rings. The average Bonchev–Trinajstić information content (AvgIpc) is 2.44. The van der Waals surface area contributed by atoms with Crippen LogP contribution < -0.4 is 10.6 Å². The Bertz CT molecular complexity index is 678. The molecule has 21 heavy (non-hydrogen) atoms. The SMILES string of the molecule is CNc1nc(C)c([N+](=O)[O-])c(NCc2cccc(F)c2)n1. The molecule has 0 unspecified atom stereocenters. The maximum absolute atomic E-state index is 13.1. The van der Waals surface area contributed by atoms with Gasteiger partial charge in [-0.2, -0.15) is 4.98 Å². The van der Waals surface area contributed by atoms with Crippen LogP contribution in [0.1, 0.15) is 11.3 Å². The van der Waals surface area contributed by atoms with Gasteiger partial charge in [0, 0.05) is 13.6 Å². The highest BCUT2D eigenvalue weighted by Crippen LogP contribution is 2.26. The summed E-state index contributed by atoms with van der Waals surface area (Å²) in [4.78, 5) is 18.6. The number of nitro groups is 1. The normalized spacial score (nSPS) is 10.2. The smallest absolute Gasteiger partial charge is 0.332 e. The van der Waals surface area contributed by atoms with Crippen LogP contribution >= 0.6 is 0 Å². The van der Waals surface area contributed by atoms with Gasteiger partial charge in [0.25, 0.3) is 0 Å². The van der Waals surface area contributed by atoms with Gasteiger partial charge >= 0.3 is 5.69 Å². The predicted molar refractivity (Wildman–Crippen MR) is 76.7 cm³/mol. The molecule has 0 atom stereocenters. The first-order chi connectivity index (χ1) is 10.0. The summed E-state index contributed by atoms with van der Waals surface area (Å²) in [6.45, 7) is 1.76. The average molecular weight is 291 g/mol. The van der Waals surface area contributed by atoms with E-state index in [0.29, 0.717) is 5.56 Å². The van der Waals surface area contributed by atoms with Gasteiger partial charge in [-0.3, -0.25) is 10.1 Å². The Morgan fingerprint density at radius 2 is 2.14 bits per heavy atom. The fourth-order valence-corrected chi connectivity index (χ4v) is 1.85. The highest BCUT2D eigenvalue weighted by Gasteiger charge is 2.21. The Morgan fingerprint density at radius 1 is 1.38 bits per heavy atom. The van der Waals surface area contributed by atoms with E-state index in [1.165, 1.54) is 19.1 Å². The van der Waals surface area contributed by atoms with Gasteiger partial charge in [-0.05, 0) is 24.6 Å². The summed E-state index contributed by atoms with van der Waals surface area (Å²) in [6, 6.07) is 5.98. The van der Waals surface area contributed by atoms with Crippen LogP contribution in [0, 0.1) is 22.9 Å². The van der Waals surface area contributed by atoms with Crippen molar-refractivity contribution >= 4 is 17.5 Å². The van der Waals surface area contributed by atoms with E-state index in [1.54, 1.807) is 19.2 Å². The molecule has 0 radical (unpaired) electrons. The van der Waals surface area contributed by atoms with E-state index >= 15 is 0 Å². The monoisotopic (exact) mass is 291 g/mol. The number of rotatable bonds is 5. The molecular formula is C13H14FN5O2. The summed E-state index contributed by atoms with van der Waals surface area (Å²) in [5, 5.41) is 16.7. The molecule has 1 aromatic heterocycles. The number of nitrogens with zero attached hydrogens (tertiary/aromatic N) is 3. The summed E-state index contributed by atoms with van der Waals surface area (Å²) < 4.78 is 13.1. The van der Waals surface area contributed by atoms with E-state index in [0.717, 1.165) is 0 Å². The molecule has 2 N–H and O–H groups in total. The van der Waals surface area contributed by atoms with Crippen LogP contribution in [0.3, 0.4) is 0 Å². The van der Waals surface area contributed by atoms with Crippen molar-refractivity contribution in [2.45, 2.75) is 13.5 Å².